The van der Waals surface area contributed by atoms with Gasteiger partial charge in [-0.05, 0) is 67.8 Å². The van der Waals surface area contributed by atoms with Gasteiger partial charge in [-0.2, -0.15) is 9.78 Å². The Morgan fingerprint density at radius 3 is 2.67 bits per heavy atom. The largest absolute Gasteiger partial charge is 0.490 e. The van der Waals surface area contributed by atoms with Crippen LogP contribution >= 0.6 is 15.9 Å². The molecule has 0 saturated heterocycles. The van der Waals surface area contributed by atoms with Gasteiger partial charge in [0, 0.05) is 10.9 Å². The van der Waals surface area contributed by atoms with E-state index in [0.717, 1.165) is 28.4 Å². The summed E-state index contributed by atoms with van der Waals surface area (Å²) >= 11 is 3.45. The number of unbranched alkanes of at least 4 members (excludes halogenated alkanes) is 1. The van der Waals surface area contributed by atoms with Gasteiger partial charge in [-0.15, -0.1) is 0 Å². The van der Waals surface area contributed by atoms with E-state index in [1.54, 1.807) is 12.3 Å². The van der Waals surface area contributed by atoms with Crippen molar-refractivity contribution in [3.05, 3.63) is 98.0 Å². The van der Waals surface area contributed by atoms with Crippen LogP contribution in [0.3, 0.4) is 0 Å². The first kappa shape index (κ1) is 25.6. The Labute approximate surface area is 219 Å². The summed E-state index contributed by atoms with van der Waals surface area (Å²) in [5, 5.41) is 5.07. The van der Waals surface area contributed by atoms with Gasteiger partial charge >= 0.3 is 0 Å². The number of ether oxygens (including phenoxy) is 2. The lowest BCUT2D eigenvalue weighted by Gasteiger charge is -2.13. The lowest BCUT2D eigenvalue weighted by Crippen LogP contribution is -2.22. The maximum Gasteiger partial charge on any atom is 0.282 e. The lowest BCUT2D eigenvalue weighted by atomic mass is 10.1. The van der Waals surface area contributed by atoms with Crippen molar-refractivity contribution < 1.29 is 9.47 Å². The third kappa shape index (κ3) is 6.21. The molecule has 0 atom stereocenters. The van der Waals surface area contributed by atoms with Gasteiger partial charge in [0.05, 0.1) is 23.7 Å². The minimum atomic E-state index is -0.188. The molecular weight excluding hydrogens is 518 g/mol. The zero-order chi connectivity index (χ0) is 25.5. The van der Waals surface area contributed by atoms with E-state index < -0.39 is 0 Å². The summed E-state index contributed by atoms with van der Waals surface area (Å²) in [5.41, 5.74) is 3.57. The number of aromatic nitrogens is 2. The van der Waals surface area contributed by atoms with E-state index in [0.29, 0.717) is 47.9 Å². The van der Waals surface area contributed by atoms with Crippen LogP contribution in [-0.2, 0) is 13.0 Å². The molecule has 3 aromatic carbocycles. The first-order valence-corrected chi connectivity index (χ1v) is 13.0. The van der Waals surface area contributed by atoms with Crippen molar-refractivity contribution in [3.63, 3.8) is 0 Å². The molecule has 7 heteroatoms. The molecule has 0 amide bonds. The quantitative estimate of drug-likeness (QED) is 0.208. The molecule has 1 heterocycles. The normalized spacial score (nSPS) is 11.3. The van der Waals surface area contributed by atoms with Crippen LogP contribution in [0.5, 0.6) is 11.5 Å². The van der Waals surface area contributed by atoms with Crippen LogP contribution in [0, 0.1) is 6.92 Å². The van der Waals surface area contributed by atoms with Gasteiger partial charge in [0.1, 0.15) is 12.4 Å². The van der Waals surface area contributed by atoms with Crippen LogP contribution in [0.2, 0.25) is 0 Å². The third-order valence-corrected chi connectivity index (χ3v) is 6.19. The molecule has 0 N–H and O–H groups in total. The van der Waals surface area contributed by atoms with Crippen molar-refractivity contribution >= 4 is 33.0 Å². The van der Waals surface area contributed by atoms with Crippen LogP contribution < -0.4 is 15.0 Å². The minimum absolute atomic E-state index is 0.188. The molecule has 186 valence electrons. The van der Waals surface area contributed by atoms with Crippen LogP contribution in [-0.4, -0.2) is 22.5 Å². The second kappa shape index (κ2) is 12.0. The highest BCUT2D eigenvalue weighted by Gasteiger charge is 2.12. The smallest absolute Gasteiger partial charge is 0.282 e. The molecule has 0 bridgehead atoms. The maximum atomic E-state index is 13.3. The number of fused-ring (bicyclic) bond motifs is 1. The van der Waals surface area contributed by atoms with E-state index >= 15 is 0 Å². The number of benzene rings is 3. The Morgan fingerprint density at radius 2 is 1.89 bits per heavy atom. The molecule has 0 aliphatic heterocycles. The number of hydrogen-bond acceptors (Lipinski definition) is 5. The van der Waals surface area contributed by atoms with E-state index in [2.05, 4.69) is 47.0 Å². The second-order valence-corrected chi connectivity index (χ2v) is 9.49. The average molecular weight is 548 g/mol. The molecular formula is C29H30BrN3O3. The number of rotatable bonds is 10. The lowest BCUT2D eigenvalue weighted by molar-refractivity contribution is 0.269. The number of nitrogens with zero attached hydrogens (tertiary/aromatic N) is 3. The van der Waals surface area contributed by atoms with Crippen molar-refractivity contribution in [3.8, 4) is 11.5 Å². The monoisotopic (exact) mass is 547 g/mol. The van der Waals surface area contributed by atoms with Crippen molar-refractivity contribution in [1.29, 1.82) is 0 Å². The van der Waals surface area contributed by atoms with E-state index in [9.17, 15) is 4.79 Å². The molecule has 4 rings (SSSR count). The maximum absolute atomic E-state index is 13.3. The van der Waals surface area contributed by atoms with Gasteiger partial charge < -0.3 is 9.47 Å². The Bertz CT molecular complexity index is 1450. The van der Waals surface area contributed by atoms with Crippen molar-refractivity contribution in [2.45, 2.75) is 46.6 Å². The summed E-state index contributed by atoms with van der Waals surface area (Å²) in [5.74, 6) is 1.94. The SMILES string of the molecule is CCCCc1nc2ccc(Br)cc2c(=O)n1N=Cc1ccc(OCc2cccc(C)c2)c(OCC)c1. The Balaban J connectivity index is 1.64. The van der Waals surface area contributed by atoms with Gasteiger partial charge in [0.2, 0.25) is 0 Å². The molecule has 6 nitrogen and oxygen atoms in total. The highest BCUT2D eigenvalue weighted by molar-refractivity contribution is 9.10. The van der Waals surface area contributed by atoms with Gasteiger partial charge in [-0.3, -0.25) is 4.79 Å². The van der Waals surface area contributed by atoms with Crippen molar-refractivity contribution in [2.75, 3.05) is 6.61 Å². The fraction of sp³-hybridized carbons (Fsp3) is 0.276. The molecule has 0 spiro atoms. The predicted octanol–water partition coefficient (Wildman–Crippen LogP) is 6.67. The molecule has 0 aliphatic carbocycles. The molecule has 0 fully saturated rings. The van der Waals surface area contributed by atoms with Gasteiger partial charge in [-0.1, -0.05) is 59.1 Å². The number of aryl methyl sites for hydroxylation is 2. The fourth-order valence-electron chi connectivity index (χ4n) is 3.89. The van der Waals surface area contributed by atoms with Crippen molar-refractivity contribution in [2.24, 2.45) is 5.10 Å². The summed E-state index contributed by atoms with van der Waals surface area (Å²) in [6.07, 6.45) is 4.26. The molecule has 0 aliphatic rings. The van der Waals surface area contributed by atoms with Crippen LogP contribution in [0.4, 0.5) is 0 Å². The zero-order valence-electron chi connectivity index (χ0n) is 20.8. The first-order chi connectivity index (χ1) is 17.5. The van der Waals surface area contributed by atoms with E-state index in [4.69, 9.17) is 14.5 Å². The van der Waals surface area contributed by atoms with Gasteiger partial charge in [-0.25, -0.2) is 4.98 Å². The summed E-state index contributed by atoms with van der Waals surface area (Å²) in [7, 11) is 0. The molecule has 0 saturated carbocycles. The molecule has 0 unspecified atom stereocenters. The predicted molar refractivity (Wildman–Crippen MR) is 148 cm³/mol. The second-order valence-electron chi connectivity index (χ2n) is 8.57. The number of halogens is 1. The van der Waals surface area contributed by atoms with Gasteiger partial charge in [0.25, 0.3) is 5.56 Å². The van der Waals surface area contributed by atoms with Crippen LogP contribution in [0.15, 0.2) is 75.0 Å². The summed E-state index contributed by atoms with van der Waals surface area (Å²) < 4.78 is 14.1. The Hall–Kier alpha value is -3.45. The highest BCUT2D eigenvalue weighted by atomic mass is 79.9. The molecule has 36 heavy (non-hydrogen) atoms. The Kier molecular flexibility index (Phi) is 8.54. The third-order valence-electron chi connectivity index (χ3n) is 5.70. The zero-order valence-corrected chi connectivity index (χ0v) is 22.4. The Morgan fingerprint density at radius 1 is 1.03 bits per heavy atom. The molecule has 0 radical (unpaired) electrons. The fourth-order valence-corrected chi connectivity index (χ4v) is 4.25. The van der Waals surface area contributed by atoms with E-state index in [1.807, 2.05) is 49.4 Å². The summed E-state index contributed by atoms with van der Waals surface area (Å²) in [6, 6.07) is 19.4. The van der Waals surface area contributed by atoms with Crippen molar-refractivity contribution in [1.82, 2.24) is 9.66 Å². The number of hydrogen-bond donors (Lipinski definition) is 0. The van der Waals surface area contributed by atoms with Crippen LogP contribution in [0.1, 0.15) is 49.2 Å². The first-order valence-electron chi connectivity index (χ1n) is 12.2. The highest BCUT2D eigenvalue weighted by Crippen LogP contribution is 2.29. The van der Waals surface area contributed by atoms with Crippen LogP contribution in [0.25, 0.3) is 10.9 Å². The van der Waals surface area contributed by atoms with E-state index in [-0.39, 0.29) is 5.56 Å². The average Bonchev–Trinajstić information content (AvgIpc) is 2.87. The summed E-state index contributed by atoms with van der Waals surface area (Å²) in [6.45, 7) is 7.06. The van der Waals surface area contributed by atoms with Gasteiger partial charge in [0.15, 0.2) is 11.5 Å². The molecule has 4 aromatic rings. The topological polar surface area (TPSA) is 65.7 Å². The molecule has 1 aromatic heterocycles. The summed E-state index contributed by atoms with van der Waals surface area (Å²) in [4.78, 5) is 18.0. The van der Waals surface area contributed by atoms with E-state index in [1.165, 1.54) is 10.2 Å². The standard InChI is InChI=1S/C29H30BrN3O3/c1-4-6-10-28-32-25-13-12-23(30)17-24(25)29(34)33(28)31-18-21-11-14-26(27(16-21)35-5-2)36-19-22-9-7-8-20(3)15-22/h7-9,11-18H,4-6,10,19H2,1-3H3. The minimum Gasteiger partial charge on any atom is -0.490 e.